The Hall–Kier alpha value is -1.32. The lowest BCUT2D eigenvalue weighted by molar-refractivity contribution is 0.0525. The van der Waals surface area contributed by atoms with Gasteiger partial charge in [0.2, 0.25) is 10.0 Å². The van der Waals surface area contributed by atoms with Gasteiger partial charge in [-0.25, -0.2) is 13.2 Å². The maximum Gasteiger partial charge on any atom is 0.339 e. The lowest BCUT2D eigenvalue weighted by atomic mass is 10.2. The lowest BCUT2D eigenvalue weighted by Gasteiger charge is -2.35. The van der Waals surface area contributed by atoms with Gasteiger partial charge in [0.1, 0.15) is 4.90 Å². The van der Waals surface area contributed by atoms with Gasteiger partial charge in [0.25, 0.3) is 0 Å². The van der Waals surface area contributed by atoms with Crippen LogP contribution in [0.25, 0.3) is 0 Å². The van der Waals surface area contributed by atoms with Crippen molar-refractivity contribution in [1.82, 2.24) is 4.31 Å². The van der Waals surface area contributed by atoms with Gasteiger partial charge < -0.3 is 9.64 Å². The number of carbonyl (C=O) groups excluding carboxylic acids is 1. The summed E-state index contributed by atoms with van der Waals surface area (Å²) in [6.07, 6.45) is 0. The fraction of sp³-hybridized carbons (Fsp3) is 0.316. The zero-order valence-corrected chi connectivity index (χ0v) is 19.5. The number of esters is 1. The SMILES string of the molecule is CCOC(=O)c1ccc(N2CCN(S(=O)(=O)c3c(Cl)cccc3Cl)CC2)cc1Br. The van der Waals surface area contributed by atoms with Crippen LogP contribution in [0.3, 0.4) is 0 Å². The van der Waals surface area contributed by atoms with Gasteiger partial charge in [0.15, 0.2) is 0 Å². The number of hydrogen-bond acceptors (Lipinski definition) is 5. The average Bonchev–Trinajstić information content (AvgIpc) is 2.68. The molecular formula is C19H19BrCl2N2O4S. The fourth-order valence-electron chi connectivity index (χ4n) is 3.12. The highest BCUT2D eigenvalue weighted by atomic mass is 79.9. The van der Waals surface area contributed by atoms with Crippen molar-refractivity contribution in [3.8, 4) is 0 Å². The monoisotopic (exact) mass is 520 g/mol. The Morgan fingerprint density at radius 3 is 2.28 bits per heavy atom. The van der Waals surface area contributed by atoms with Crippen LogP contribution in [0.2, 0.25) is 10.0 Å². The maximum atomic E-state index is 13.0. The first-order valence-electron chi connectivity index (χ1n) is 8.91. The number of nitrogens with zero attached hydrogens (tertiary/aromatic N) is 2. The Morgan fingerprint density at radius 2 is 1.72 bits per heavy atom. The molecule has 0 radical (unpaired) electrons. The molecule has 0 atom stereocenters. The average molecular weight is 522 g/mol. The Morgan fingerprint density at radius 1 is 1.10 bits per heavy atom. The van der Waals surface area contributed by atoms with Crippen molar-refractivity contribution in [3.63, 3.8) is 0 Å². The number of halogens is 3. The summed E-state index contributed by atoms with van der Waals surface area (Å²) in [5, 5.41) is 0.219. The Bertz CT molecular complexity index is 1000. The molecule has 0 N–H and O–H groups in total. The first kappa shape index (κ1) is 22.4. The van der Waals surface area contributed by atoms with Crippen molar-refractivity contribution in [1.29, 1.82) is 0 Å². The van der Waals surface area contributed by atoms with E-state index in [0.29, 0.717) is 42.8 Å². The van der Waals surface area contributed by atoms with E-state index >= 15 is 0 Å². The highest BCUT2D eigenvalue weighted by Gasteiger charge is 2.32. The number of rotatable bonds is 5. The molecule has 2 aromatic carbocycles. The van der Waals surface area contributed by atoms with Gasteiger partial charge in [0.05, 0.1) is 22.2 Å². The van der Waals surface area contributed by atoms with Gasteiger partial charge in [-0.1, -0.05) is 29.3 Å². The number of anilines is 1. The van der Waals surface area contributed by atoms with Crippen LogP contribution in [0.5, 0.6) is 0 Å². The highest BCUT2D eigenvalue weighted by Crippen LogP contribution is 2.32. The van der Waals surface area contributed by atoms with Gasteiger partial charge in [0, 0.05) is 36.3 Å². The molecule has 29 heavy (non-hydrogen) atoms. The van der Waals surface area contributed by atoms with E-state index in [9.17, 15) is 13.2 Å². The van der Waals surface area contributed by atoms with Crippen LogP contribution in [0.15, 0.2) is 45.8 Å². The Labute approximate surface area is 188 Å². The molecule has 0 amide bonds. The molecule has 3 rings (SSSR count). The molecular weight excluding hydrogens is 503 g/mol. The minimum atomic E-state index is -3.79. The molecule has 0 spiro atoms. The molecule has 1 fully saturated rings. The summed E-state index contributed by atoms with van der Waals surface area (Å²) in [4.78, 5) is 13.9. The first-order valence-corrected chi connectivity index (χ1v) is 11.9. The molecule has 0 aliphatic carbocycles. The zero-order valence-electron chi connectivity index (χ0n) is 15.6. The summed E-state index contributed by atoms with van der Waals surface area (Å²) in [6, 6.07) is 10.00. The molecule has 2 aromatic rings. The molecule has 0 aromatic heterocycles. The summed E-state index contributed by atoms with van der Waals surface area (Å²) in [5.41, 5.74) is 1.34. The third-order valence-electron chi connectivity index (χ3n) is 4.57. The smallest absolute Gasteiger partial charge is 0.339 e. The highest BCUT2D eigenvalue weighted by molar-refractivity contribution is 9.10. The van der Waals surface area contributed by atoms with Crippen molar-refractivity contribution in [3.05, 3.63) is 56.5 Å². The molecule has 1 saturated heterocycles. The molecule has 0 bridgehead atoms. The van der Waals surface area contributed by atoms with Crippen LogP contribution < -0.4 is 4.90 Å². The van der Waals surface area contributed by atoms with Gasteiger partial charge in [-0.05, 0) is 53.2 Å². The van der Waals surface area contributed by atoms with E-state index in [-0.39, 0.29) is 14.9 Å². The number of carbonyl (C=O) groups is 1. The van der Waals surface area contributed by atoms with Crippen LogP contribution in [-0.4, -0.2) is 51.5 Å². The molecule has 1 aliphatic rings. The minimum absolute atomic E-state index is 0.0571. The normalized spacial score (nSPS) is 15.4. The van der Waals surface area contributed by atoms with Gasteiger partial charge in [-0.15, -0.1) is 0 Å². The van der Waals surface area contributed by atoms with Gasteiger partial charge in [-0.2, -0.15) is 4.31 Å². The van der Waals surface area contributed by atoms with Crippen LogP contribution in [-0.2, 0) is 14.8 Å². The summed E-state index contributed by atoms with van der Waals surface area (Å²) >= 11 is 15.6. The van der Waals surface area contributed by atoms with Gasteiger partial charge in [-0.3, -0.25) is 0 Å². The topological polar surface area (TPSA) is 66.9 Å². The standard InChI is InChI=1S/C19H19BrCl2N2O4S/c1-2-28-19(25)14-7-6-13(12-15(14)20)23-8-10-24(11-9-23)29(26,27)18-16(21)4-3-5-17(18)22/h3-7,12H,2,8-11H2,1H3. The van der Waals surface area contributed by atoms with Crippen molar-refractivity contribution in [2.75, 3.05) is 37.7 Å². The number of piperazine rings is 1. The molecule has 10 heteroatoms. The lowest BCUT2D eigenvalue weighted by Crippen LogP contribution is -2.48. The van der Waals surface area contributed by atoms with Crippen molar-refractivity contribution in [2.24, 2.45) is 0 Å². The van der Waals surface area contributed by atoms with E-state index in [2.05, 4.69) is 20.8 Å². The number of sulfonamides is 1. The third kappa shape index (κ3) is 4.72. The predicted molar refractivity (Wildman–Crippen MR) is 118 cm³/mol. The van der Waals surface area contributed by atoms with Crippen LogP contribution >= 0.6 is 39.1 Å². The second-order valence-electron chi connectivity index (χ2n) is 6.33. The quantitative estimate of drug-likeness (QED) is 0.544. The van der Waals surface area contributed by atoms with Crippen molar-refractivity contribution >= 4 is 60.8 Å². The largest absolute Gasteiger partial charge is 0.462 e. The van der Waals surface area contributed by atoms with Crippen LogP contribution in [0, 0.1) is 0 Å². The Kier molecular flexibility index (Phi) is 7.11. The molecule has 1 aliphatic heterocycles. The minimum Gasteiger partial charge on any atom is -0.462 e. The van der Waals surface area contributed by atoms with Gasteiger partial charge >= 0.3 is 5.97 Å². The predicted octanol–water partition coefficient (Wildman–Crippen LogP) is 4.44. The fourth-order valence-corrected chi connectivity index (χ4v) is 6.16. The molecule has 0 saturated carbocycles. The number of hydrogen-bond donors (Lipinski definition) is 0. The molecule has 6 nitrogen and oxygen atoms in total. The molecule has 156 valence electrons. The second kappa shape index (κ2) is 9.22. The first-order chi connectivity index (χ1) is 13.8. The number of benzene rings is 2. The van der Waals surface area contributed by atoms with E-state index in [1.807, 2.05) is 12.1 Å². The van der Waals surface area contributed by atoms with Crippen LogP contribution in [0.1, 0.15) is 17.3 Å². The van der Waals surface area contributed by atoms with Crippen molar-refractivity contribution < 1.29 is 17.9 Å². The summed E-state index contributed by atoms with van der Waals surface area (Å²) < 4.78 is 33.0. The molecule has 0 unspecified atom stereocenters. The van der Waals surface area contributed by atoms with E-state index in [4.69, 9.17) is 27.9 Å². The van der Waals surface area contributed by atoms with Crippen molar-refractivity contribution in [2.45, 2.75) is 11.8 Å². The summed E-state index contributed by atoms with van der Waals surface area (Å²) in [5.74, 6) is -0.390. The second-order valence-corrected chi connectivity index (χ2v) is 9.87. The maximum absolute atomic E-state index is 13.0. The summed E-state index contributed by atoms with van der Waals surface area (Å²) in [7, 11) is -3.79. The van der Waals surface area contributed by atoms with E-state index in [0.717, 1.165) is 5.69 Å². The summed E-state index contributed by atoms with van der Waals surface area (Å²) in [6.45, 7) is 3.63. The Balaban J connectivity index is 1.74. The van der Waals surface area contributed by atoms with Crippen LogP contribution in [0.4, 0.5) is 5.69 Å². The molecule has 1 heterocycles. The third-order valence-corrected chi connectivity index (χ3v) is 8.08. The van der Waals surface area contributed by atoms with E-state index < -0.39 is 16.0 Å². The zero-order chi connectivity index (χ0) is 21.2. The number of ether oxygens (including phenoxy) is 1. The van der Waals surface area contributed by atoms with E-state index in [1.165, 1.54) is 16.4 Å². The van der Waals surface area contributed by atoms with E-state index in [1.54, 1.807) is 19.1 Å².